The Balaban J connectivity index is 3.21. The third-order valence-electron chi connectivity index (χ3n) is 2.90. The lowest BCUT2D eigenvalue weighted by atomic mass is 10.2. The monoisotopic (exact) mass is 374 g/mol. The third kappa shape index (κ3) is 5.94. The fourth-order valence-corrected chi connectivity index (χ4v) is 2.02. The Morgan fingerprint density at radius 1 is 1.12 bits per heavy atom. The van der Waals surface area contributed by atoms with Crippen LogP contribution in [0.15, 0.2) is 23.9 Å². The maximum atomic E-state index is 11.9. The molecule has 0 aromatic heterocycles. The number of esters is 2. The molecule has 8 heteroatoms. The number of hydrogen-bond acceptors (Lipinski definition) is 6. The zero-order valence-electron chi connectivity index (χ0n) is 13.9. The molecule has 132 valence electrons. The van der Waals surface area contributed by atoms with Gasteiger partial charge in [-0.2, -0.15) is 0 Å². The predicted octanol–water partition coefficient (Wildman–Crippen LogP) is 3.70. The molecule has 1 rings (SSSR count). The third-order valence-corrected chi connectivity index (χ3v) is 3.62. The van der Waals surface area contributed by atoms with Gasteiger partial charge in [-0.25, -0.2) is 9.59 Å². The number of methoxy groups -OCH3 is 2. The summed E-state index contributed by atoms with van der Waals surface area (Å²) in [5.74, 6) is -1.03. The molecule has 0 spiro atoms. The fourth-order valence-electron chi connectivity index (χ4n) is 1.69. The molecule has 0 unspecified atom stereocenters. The molecule has 0 aliphatic carbocycles. The summed E-state index contributed by atoms with van der Waals surface area (Å²) in [5, 5.41) is 6.71. The maximum Gasteiger partial charge on any atom is 0.354 e. The second kappa shape index (κ2) is 9.39. The van der Waals surface area contributed by atoms with Crippen LogP contribution in [0.5, 0.6) is 0 Å². The molecule has 0 aliphatic heterocycles. The van der Waals surface area contributed by atoms with Crippen molar-refractivity contribution in [3.63, 3.8) is 0 Å². The first kappa shape index (κ1) is 20.1. The van der Waals surface area contributed by atoms with Gasteiger partial charge in [0.05, 0.1) is 41.7 Å². The van der Waals surface area contributed by atoms with Crippen LogP contribution in [0.1, 0.15) is 13.8 Å². The standard InChI is InChI=1S/C16H20Cl2N2O4/c1-9(2)8-19-12-5-10(17)11(18)6-13(12)20-14(16(22)24-4)7-15(21)23-3/h5-7,9,19-20H,8H2,1-4H3/b14-7+. The van der Waals surface area contributed by atoms with E-state index in [0.29, 0.717) is 33.9 Å². The van der Waals surface area contributed by atoms with Crippen LogP contribution in [0.25, 0.3) is 0 Å². The number of carbonyl (C=O) groups is 2. The summed E-state index contributed by atoms with van der Waals surface area (Å²) >= 11 is 12.1. The number of rotatable bonds is 7. The van der Waals surface area contributed by atoms with E-state index in [9.17, 15) is 9.59 Å². The summed E-state index contributed by atoms with van der Waals surface area (Å²) < 4.78 is 9.20. The van der Waals surface area contributed by atoms with Crippen LogP contribution >= 0.6 is 23.2 Å². The lowest BCUT2D eigenvalue weighted by molar-refractivity contribution is -0.138. The second-order valence-corrected chi connectivity index (χ2v) is 6.10. The Morgan fingerprint density at radius 2 is 1.71 bits per heavy atom. The molecular weight excluding hydrogens is 355 g/mol. The van der Waals surface area contributed by atoms with E-state index >= 15 is 0 Å². The molecule has 0 saturated carbocycles. The Hall–Kier alpha value is -1.92. The summed E-state index contributed by atoms with van der Waals surface area (Å²) in [5.41, 5.74) is 1.03. The van der Waals surface area contributed by atoms with Gasteiger partial charge in [-0.05, 0) is 18.1 Å². The maximum absolute atomic E-state index is 11.9. The number of nitrogens with one attached hydrogen (secondary N) is 2. The second-order valence-electron chi connectivity index (χ2n) is 5.28. The minimum Gasteiger partial charge on any atom is -0.466 e. The molecule has 0 bridgehead atoms. The number of anilines is 2. The van der Waals surface area contributed by atoms with Gasteiger partial charge in [-0.15, -0.1) is 0 Å². The fraction of sp³-hybridized carbons (Fsp3) is 0.375. The first-order valence-electron chi connectivity index (χ1n) is 7.16. The van der Waals surface area contributed by atoms with E-state index in [2.05, 4.69) is 34.0 Å². The van der Waals surface area contributed by atoms with Gasteiger partial charge in [-0.3, -0.25) is 0 Å². The molecule has 0 amide bonds. The van der Waals surface area contributed by atoms with Crippen molar-refractivity contribution in [3.05, 3.63) is 34.0 Å². The Morgan fingerprint density at radius 3 is 2.21 bits per heavy atom. The molecule has 0 radical (unpaired) electrons. The summed E-state index contributed by atoms with van der Waals surface area (Å²) in [6, 6.07) is 3.20. The number of carbonyl (C=O) groups excluding carboxylic acids is 2. The van der Waals surface area contributed by atoms with Crippen molar-refractivity contribution in [1.82, 2.24) is 0 Å². The highest BCUT2D eigenvalue weighted by atomic mass is 35.5. The predicted molar refractivity (Wildman–Crippen MR) is 95.5 cm³/mol. The van der Waals surface area contributed by atoms with E-state index in [1.165, 1.54) is 14.2 Å². The first-order chi connectivity index (χ1) is 11.3. The van der Waals surface area contributed by atoms with Crippen molar-refractivity contribution < 1.29 is 19.1 Å². The van der Waals surface area contributed by atoms with E-state index in [1.807, 2.05) is 0 Å². The Labute approximate surface area is 151 Å². The number of ether oxygens (including phenoxy) is 2. The van der Waals surface area contributed by atoms with Crippen molar-refractivity contribution >= 4 is 46.5 Å². The SMILES string of the molecule is COC(=O)/C=C(/Nc1cc(Cl)c(Cl)cc1NCC(C)C)C(=O)OC. The zero-order valence-corrected chi connectivity index (χ0v) is 15.4. The van der Waals surface area contributed by atoms with Crippen molar-refractivity contribution in [2.45, 2.75) is 13.8 Å². The van der Waals surface area contributed by atoms with Crippen LogP contribution in [-0.4, -0.2) is 32.7 Å². The van der Waals surface area contributed by atoms with Gasteiger partial charge >= 0.3 is 11.9 Å². The smallest absolute Gasteiger partial charge is 0.354 e. The molecular formula is C16H20Cl2N2O4. The van der Waals surface area contributed by atoms with Crippen molar-refractivity contribution in [1.29, 1.82) is 0 Å². The average molecular weight is 375 g/mol. The molecule has 0 atom stereocenters. The molecule has 24 heavy (non-hydrogen) atoms. The minimum absolute atomic E-state index is 0.0877. The van der Waals surface area contributed by atoms with Gasteiger partial charge in [-0.1, -0.05) is 37.0 Å². The van der Waals surface area contributed by atoms with Crippen LogP contribution in [0.3, 0.4) is 0 Å². The highest BCUT2D eigenvalue weighted by Crippen LogP contribution is 2.33. The van der Waals surface area contributed by atoms with Crippen LogP contribution in [0.2, 0.25) is 10.0 Å². The Kier molecular flexibility index (Phi) is 7.88. The number of hydrogen-bond donors (Lipinski definition) is 2. The lowest BCUT2D eigenvalue weighted by Gasteiger charge is -2.17. The van der Waals surface area contributed by atoms with Gasteiger partial charge in [0.25, 0.3) is 0 Å². The molecule has 2 N–H and O–H groups in total. The van der Waals surface area contributed by atoms with Gasteiger partial charge < -0.3 is 20.1 Å². The van der Waals surface area contributed by atoms with E-state index < -0.39 is 11.9 Å². The van der Waals surface area contributed by atoms with Gasteiger partial charge in [0.2, 0.25) is 0 Å². The largest absolute Gasteiger partial charge is 0.466 e. The van der Waals surface area contributed by atoms with E-state index in [4.69, 9.17) is 23.2 Å². The zero-order chi connectivity index (χ0) is 18.3. The van der Waals surface area contributed by atoms with Crippen molar-refractivity contribution in [2.24, 2.45) is 5.92 Å². The summed E-state index contributed by atoms with van der Waals surface area (Å²) in [7, 11) is 2.42. The Bertz CT molecular complexity index is 645. The van der Waals surface area contributed by atoms with Gasteiger partial charge in [0.1, 0.15) is 5.70 Å². The van der Waals surface area contributed by atoms with Gasteiger partial charge in [0.15, 0.2) is 0 Å². The summed E-state index contributed by atoms with van der Waals surface area (Å²) in [4.78, 5) is 23.3. The van der Waals surface area contributed by atoms with Crippen LogP contribution in [-0.2, 0) is 19.1 Å². The molecule has 1 aromatic rings. The number of halogens is 2. The van der Waals surface area contributed by atoms with Crippen LogP contribution < -0.4 is 10.6 Å². The van der Waals surface area contributed by atoms with Crippen molar-refractivity contribution in [3.8, 4) is 0 Å². The summed E-state index contributed by atoms with van der Waals surface area (Å²) in [6.45, 7) is 4.78. The van der Waals surface area contributed by atoms with Crippen molar-refractivity contribution in [2.75, 3.05) is 31.4 Å². The van der Waals surface area contributed by atoms with Crippen LogP contribution in [0, 0.1) is 5.92 Å². The van der Waals surface area contributed by atoms with E-state index in [1.54, 1.807) is 12.1 Å². The highest BCUT2D eigenvalue weighted by Gasteiger charge is 2.16. The molecule has 0 heterocycles. The molecule has 6 nitrogen and oxygen atoms in total. The topological polar surface area (TPSA) is 76.7 Å². The molecule has 0 fully saturated rings. The molecule has 1 aromatic carbocycles. The normalized spacial score (nSPS) is 11.2. The van der Waals surface area contributed by atoms with E-state index in [0.717, 1.165) is 6.08 Å². The molecule has 0 saturated heterocycles. The minimum atomic E-state index is -0.721. The highest BCUT2D eigenvalue weighted by molar-refractivity contribution is 6.42. The lowest BCUT2D eigenvalue weighted by Crippen LogP contribution is -2.17. The van der Waals surface area contributed by atoms with Crippen LogP contribution in [0.4, 0.5) is 11.4 Å². The van der Waals surface area contributed by atoms with Gasteiger partial charge in [0, 0.05) is 6.54 Å². The molecule has 0 aliphatic rings. The number of benzene rings is 1. The first-order valence-corrected chi connectivity index (χ1v) is 7.92. The van der Waals surface area contributed by atoms with E-state index in [-0.39, 0.29) is 5.70 Å². The average Bonchev–Trinajstić information content (AvgIpc) is 2.54. The summed E-state index contributed by atoms with van der Waals surface area (Å²) in [6.07, 6.45) is 1.00. The quantitative estimate of drug-likeness (QED) is 0.559.